The summed E-state index contributed by atoms with van der Waals surface area (Å²) in [4.78, 5) is 20.8. The van der Waals surface area contributed by atoms with Crippen LogP contribution in [0.15, 0.2) is 36.7 Å². The molecule has 2 rings (SSSR count). The second kappa shape index (κ2) is 6.83. The first-order valence-corrected chi connectivity index (χ1v) is 7.03. The second-order valence-electron chi connectivity index (χ2n) is 4.89. The van der Waals surface area contributed by atoms with Crippen LogP contribution in [0.5, 0.6) is 0 Å². The number of amides is 1. The lowest BCUT2D eigenvalue weighted by molar-refractivity contribution is 0.0939. The van der Waals surface area contributed by atoms with Gasteiger partial charge in [0.2, 0.25) is 0 Å². The molecule has 0 fully saturated rings. The SMILES string of the molecule is CCNc1cc(C(=O)NC(C)c2cccnc2)cc(C)n1. The first kappa shape index (κ1) is 15.0. The molecular weight excluding hydrogens is 264 g/mol. The summed E-state index contributed by atoms with van der Waals surface area (Å²) in [5.41, 5.74) is 2.39. The summed E-state index contributed by atoms with van der Waals surface area (Å²) in [5.74, 6) is 0.604. The molecular formula is C16H20N4O. The number of nitrogens with zero attached hydrogens (tertiary/aromatic N) is 2. The van der Waals surface area contributed by atoms with Crippen molar-refractivity contribution in [2.45, 2.75) is 26.8 Å². The van der Waals surface area contributed by atoms with Crippen LogP contribution in [0.2, 0.25) is 0 Å². The van der Waals surface area contributed by atoms with E-state index in [4.69, 9.17) is 0 Å². The predicted octanol–water partition coefficient (Wildman–Crippen LogP) is 2.71. The largest absolute Gasteiger partial charge is 0.370 e. The van der Waals surface area contributed by atoms with Gasteiger partial charge in [-0.3, -0.25) is 9.78 Å². The highest BCUT2D eigenvalue weighted by Crippen LogP contribution is 2.14. The molecule has 21 heavy (non-hydrogen) atoms. The molecule has 1 amide bonds. The molecule has 2 heterocycles. The Bertz CT molecular complexity index is 613. The molecule has 0 aliphatic heterocycles. The van der Waals surface area contributed by atoms with Crippen LogP contribution in [0, 0.1) is 6.92 Å². The van der Waals surface area contributed by atoms with Gasteiger partial charge in [0.15, 0.2) is 0 Å². The van der Waals surface area contributed by atoms with E-state index in [2.05, 4.69) is 20.6 Å². The van der Waals surface area contributed by atoms with Gasteiger partial charge in [-0.05, 0) is 44.5 Å². The fraction of sp³-hybridized carbons (Fsp3) is 0.312. The molecule has 0 aromatic carbocycles. The molecule has 0 aliphatic rings. The lowest BCUT2D eigenvalue weighted by atomic mass is 10.1. The Labute approximate surface area is 124 Å². The standard InChI is InChI=1S/C16H20N4O/c1-4-18-15-9-14(8-11(2)19-15)16(21)20-12(3)13-6-5-7-17-10-13/h5-10,12H,4H2,1-3H3,(H,18,19)(H,20,21). The normalized spacial score (nSPS) is 11.8. The fourth-order valence-electron chi connectivity index (χ4n) is 2.07. The minimum Gasteiger partial charge on any atom is -0.370 e. The molecule has 0 spiro atoms. The van der Waals surface area contributed by atoms with Crippen LogP contribution < -0.4 is 10.6 Å². The molecule has 0 bridgehead atoms. The van der Waals surface area contributed by atoms with Crippen molar-refractivity contribution < 1.29 is 4.79 Å². The van der Waals surface area contributed by atoms with E-state index in [0.717, 1.165) is 23.6 Å². The van der Waals surface area contributed by atoms with Gasteiger partial charge in [0.05, 0.1) is 6.04 Å². The zero-order valence-corrected chi connectivity index (χ0v) is 12.6. The molecule has 2 aromatic heterocycles. The molecule has 0 aliphatic carbocycles. The summed E-state index contributed by atoms with van der Waals surface area (Å²) in [7, 11) is 0. The van der Waals surface area contributed by atoms with E-state index in [1.807, 2.05) is 32.9 Å². The highest BCUT2D eigenvalue weighted by atomic mass is 16.1. The van der Waals surface area contributed by atoms with E-state index in [0.29, 0.717) is 5.56 Å². The molecule has 5 nitrogen and oxygen atoms in total. The van der Waals surface area contributed by atoms with Crippen molar-refractivity contribution in [3.63, 3.8) is 0 Å². The minimum absolute atomic E-state index is 0.0951. The van der Waals surface area contributed by atoms with Gasteiger partial charge in [0.1, 0.15) is 5.82 Å². The summed E-state index contributed by atoms with van der Waals surface area (Å²) in [5, 5.41) is 6.10. The molecule has 2 N–H and O–H groups in total. The van der Waals surface area contributed by atoms with Crippen LogP contribution in [0.4, 0.5) is 5.82 Å². The number of aromatic nitrogens is 2. The van der Waals surface area contributed by atoms with Crippen molar-refractivity contribution in [3.05, 3.63) is 53.5 Å². The molecule has 5 heteroatoms. The maximum absolute atomic E-state index is 12.4. The maximum atomic E-state index is 12.4. The molecule has 2 aromatic rings. The molecule has 0 saturated carbocycles. The lowest BCUT2D eigenvalue weighted by Crippen LogP contribution is -2.27. The Kier molecular flexibility index (Phi) is 4.87. The summed E-state index contributed by atoms with van der Waals surface area (Å²) < 4.78 is 0. The van der Waals surface area contributed by atoms with E-state index in [9.17, 15) is 4.79 Å². The number of carbonyl (C=O) groups is 1. The summed E-state index contributed by atoms with van der Waals surface area (Å²) in [6.45, 7) is 6.58. The number of hydrogen-bond acceptors (Lipinski definition) is 4. The van der Waals surface area contributed by atoms with Crippen LogP contribution in [-0.2, 0) is 0 Å². The van der Waals surface area contributed by atoms with E-state index >= 15 is 0 Å². The Morgan fingerprint density at radius 3 is 2.86 bits per heavy atom. The molecule has 110 valence electrons. The van der Waals surface area contributed by atoms with Crippen LogP contribution >= 0.6 is 0 Å². The van der Waals surface area contributed by atoms with Gasteiger partial charge >= 0.3 is 0 Å². The Morgan fingerprint density at radius 2 is 2.19 bits per heavy atom. The predicted molar refractivity (Wildman–Crippen MR) is 83.3 cm³/mol. The number of rotatable bonds is 5. The number of carbonyl (C=O) groups excluding carboxylic acids is 1. The maximum Gasteiger partial charge on any atom is 0.251 e. The van der Waals surface area contributed by atoms with Crippen LogP contribution in [0.1, 0.15) is 41.5 Å². The summed E-state index contributed by atoms with van der Waals surface area (Å²) in [6, 6.07) is 7.26. The van der Waals surface area contributed by atoms with Crippen molar-refractivity contribution in [3.8, 4) is 0 Å². The highest BCUT2D eigenvalue weighted by molar-refractivity contribution is 5.95. The third-order valence-electron chi connectivity index (χ3n) is 3.11. The third-order valence-corrected chi connectivity index (χ3v) is 3.11. The van der Waals surface area contributed by atoms with Crippen molar-refractivity contribution in [1.82, 2.24) is 15.3 Å². The van der Waals surface area contributed by atoms with Gasteiger partial charge in [0.25, 0.3) is 5.91 Å². The van der Waals surface area contributed by atoms with E-state index in [1.165, 1.54) is 0 Å². The number of aryl methyl sites for hydroxylation is 1. The second-order valence-corrected chi connectivity index (χ2v) is 4.89. The van der Waals surface area contributed by atoms with E-state index in [1.54, 1.807) is 24.5 Å². The minimum atomic E-state index is -0.115. The zero-order chi connectivity index (χ0) is 15.2. The Hall–Kier alpha value is -2.43. The first-order valence-electron chi connectivity index (χ1n) is 7.03. The number of hydrogen-bond donors (Lipinski definition) is 2. The Morgan fingerprint density at radius 1 is 1.38 bits per heavy atom. The van der Waals surface area contributed by atoms with Gasteiger partial charge in [0, 0.05) is 30.2 Å². The monoisotopic (exact) mass is 284 g/mol. The molecule has 1 unspecified atom stereocenters. The number of anilines is 1. The van der Waals surface area contributed by atoms with Gasteiger partial charge in [-0.25, -0.2) is 4.98 Å². The third kappa shape index (κ3) is 4.02. The zero-order valence-electron chi connectivity index (χ0n) is 12.6. The average Bonchev–Trinajstić information content (AvgIpc) is 2.48. The van der Waals surface area contributed by atoms with Crippen LogP contribution in [0.3, 0.4) is 0 Å². The lowest BCUT2D eigenvalue weighted by Gasteiger charge is -2.14. The van der Waals surface area contributed by atoms with Gasteiger partial charge in [-0.2, -0.15) is 0 Å². The summed E-state index contributed by atoms with van der Waals surface area (Å²) in [6.07, 6.45) is 3.47. The molecule has 0 radical (unpaired) electrons. The van der Waals surface area contributed by atoms with Gasteiger partial charge in [-0.1, -0.05) is 6.07 Å². The van der Waals surface area contributed by atoms with Crippen molar-refractivity contribution >= 4 is 11.7 Å². The molecule has 0 saturated heterocycles. The summed E-state index contributed by atoms with van der Waals surface area (Å²) >= 11 is 0. The fourth-order valence-corrected chi connectivity index (χ4v) is 2.07. The quantitative estimate of drug-likeness (QED) is 0.886. The molecule has 1 atom stereocenters. The Balaban J connectivity index is 2.13. The van der Waals surface area contributed by atoms with Crippen molar-refractivity contribution in [2.75, 3.05) is 11.9 Å². The van der Waals surface area contributed by atoms with Crippen LogP contribution in [0.25, 0.3) is 0 Å². The van der Waals surface area contributed by atoms with E-state index < -0.39 is 0 Å². The number of nitrogens with one attached hydrogen (secondary N) is 2. The van der Waals surface area contributed by atoms with Crippen molar-refractivity contribution in [2.24, 2.45) is 0 Å². The van der Waals surface area contributed by atoms with Gasteiger partial charge < -0.3 is 10.6 Å². The van der Waals surface area contributed by atoms with Crippen molar-refractivity contribution in [1.29, 1.82) is 0 Å². The highest BCUT2D eigenvalue weighted by Gasteiger charge is 2.13. The van der Waals surface area contributed by atoms with Crippen LogP contribution in [-0.4, -0.2) is 22.4 Å². The topological polar surface area (TPSA) is 66.9 Å². The number of pyridine rings is 2. The van der Waals surface area contributed by atoms with E-state index in [-0.39, 0.29) is 11.9 Å². The smallest absolute Gasteiger partial charge is 0.251 e. The average molecular weight is 284 g/mol. The van der Waals surface area contributed by atoms with Gasteiger partial charge in [-0.15, -0.1) is 0 Å². The first-order chi connectivity index (χ1) is 10.1.